The molecule has 1 rings (SSSR count). The highest BCUT2D eigenvalue weighted by molar-refractivity contribution is 6.36. The number of amides is 1. The van der Waals surface area contributed by atoms with Gasteiger partial charge in [-0.15, -0.1) is 0 Å². The second-order valence-electron chi connectivity index (χ2n) is 2.34. The van der Waals surface area contributed by atoms with Gasteiger partial charge in [0.15, 0.2) is 5.96 Å². The predicted octanol–water partition coefficient (Wildman–Crippen LogP) is 1.34. The molecule has 6 heteroatoms. The van der Waals surface area contributed by atoms with Crippen molar-refractivity contribution < 1.29 is 11.6 Å². The molecule has 1 amide bonds. The Hall–Kier alpha value is -1.26. The number of rotatable bonds is 2. The summed E-state index contributed by atoms with van der Waals surface area (Å²) in [5.74, 6) is -2.03. The molecule has 4 nitrogen and oxygen atoms in total. The van der Waals surface area contributed by atoms with E-state index in [1.165, 1.54) is 0 Å². The van der Waals surface area contributed by atoms with Crippen LogP contribution in [0.1, 0.15) is 12.4 Å². The summed E-state index contributed by atoms with van der Waals surface area (Å²) < 4.78 is 37.9. The Kier molecular flexibility index (Phi) is 2.12. The maximum Gasteiger partial charge on any atom is 0.253 e. The van der Waals surface area contributed by atoms with Crippen LogP contribution in [0.25, 0.3) is 0 Å². The molecule has 0 aromatic heterocycles. The molecule has 0 heterocycles. The van der Waals surface area contributed by atoms with Crippen LogP contribution in [0.3, 0.4) is 0 Å². The van der Waals surface area contributed by atoms with E-state index >= 15 is 0 Å². The molecular formula is C9H9Cl2N3O. The topological polar surface area (TPSA) is 81.5 Å². The van der Waals surface area contributed by atoms with Crippen LogP contribution in [0, 0.1) is 0 Å². The molecule has 0 aliphatic carbocycles. The molecule has 1 aromatic carbocycles. The Bertz CT molecular complexity index is 587. The molecule has 0 spiro atoms. The van der Waals surface area contributed by atoms with E-state index in [9.17, 15) is 4.79 Å². The molecule has 15 heavy (non-hydrogen) atoms. The highest BCUT2D eigenvalue weighted by Crippen LogP contribution is 2.24. The molecule has 0 unspecified atom stereocenters. The Balaban J connectivity index is 3.62. The molecule has 80 valence electrons. The van der Waals surface area contributed by atoms with E-state index in [0.717, 1.165) is 0 Å². The van der Waals surface area contributed by atoms with Crippen molar-refractivity contribution in [1.29, 1.82) is 0 Å². The van der Waals surface area contributed by atoms with Gasteiger partial charge in [-0.25, -0.2) is 0 Å². The quantitative estimate of drug-likeness (QED) is 0.473. The molecule has 0 saturated carbocycles. The van der Waals surface area contributed by atoms with Gasteiger partial charge in [0.25, 0.3) is 5.91 Å². The lowest BCUT2D eigenvalue weighted by Gasteiger charge is -2.03. The van der Waals surface area contributed by atoms with Crippen molar-refractivity contribution in [1.82, 2.24) is 0 Å². The number of nitrogens with two attached hydrogens (primary N) is 2. The largest absolute Gasteiger partial charge is 0.370 e. The number of benzene rings is 1. The van der Waals surface area contributed by atoms with Crippen molar-refractivity contribution in [2.24, 2.45) is 16.5 Å². The minimum absolute atomic E-state index is 0.542. The van der Waals surface area contributed by atoms with Crippen molar-refractivity contribution >= 4 is 35.1 Å². The molecule has 0 bridgehead atoms. The summed E-state index contributed by atoms with van der Waals surface area (Å²) in [6.45, 7) is 0. The van der Waals surface area contributed by atoms with E-state index in [1.807, 2.05) is 0 Å². The van der Waals surface area contributed by atoms with Gasteiger partial charge >= 0.3 is 0 Å². The lowest BCUT2D eigenvalue weighted by atomic mass is 10.1. The first kappa shape index (κ1) is 6.35. The molecular weight excluding hydrogens is 238 g/mol. The number of carbonyl (C=O) groups excluding carboxylic acids is 1. The lowest BCUT2D eigenvalue weighted by molar-refractivity contribution is -0.117. The molecule has 0 atom stereocenters. The Morgan fingerprint density at radius 2 is 2.00 bits per heavy atom. The van der Waals surface area contributed by atoms with Crippen LogP contribution >= 0.6 is 23.2 Å². The van der Waals surface area contributed by atoms with Crippen LogP contribution in [0.15, 0.2) is 23.1 Å². The van der Waals surface area contributed by atoms with Crippen LogP contribution in [0.4, 0.5) is 0 Å². The Morgan fingerprint density at radius 1 is 1.47 bits per heavy atom. The summed E-state index contributed by atoms with van der Waals surface area (Å²) in [4.78, 5) is 14.7. The fourth-order valence-electron chi connectivity index (χ4n) is 0.724. The fourth-order valence-corrected chi connectivity index (χ4v) is 1.15. The second-order valence-corrected chi connectivity index (χ2v) is 3.10. The monoisotopic (exact) mass is 251 g/mol. The maximum absolute atomic E-state index is 11.7. The van der Waals surface area contributed by atoms with Crippen LogP contribution in [0.5, 0.6) is 0 Å². The summed E-state index contributed by atoms with van der Waals surface area (Å²) in [5.41, 5.74) is 9.39. The van der Waals surface area contributed by atoms with E-state index in [0.29, 0.717) is 0 Å². The van der Waals surface area contributed by atoms with Gasteiger partial charge < -0.3 is 11.5 Å². The maximum atomic E-state index is 11.7. The smallest absolute Gasteiger partial charge is 0.253 e. The van der Waals surface area contributed by atoms with Crippen molar-refractivity contribution in [3.8, 4) is 0 Å². The first-order valence-electron chi connectivity index (χ1n) is 6.11. The van der Waals surface area contributed by atoms with Crippen LogP contribution < -0.4 is 11.5 Å². The van der Waals surface area contributed by atoms with Crippen molar-refractivity contribution in [2.75, 3.05) is 0 Å². The number of aliphatic imine (C=N–C) groups is 1. The standard InChI is InChI=1S/C9H9Cl2N3O/c10-6-2-1-3-7(11)5(6)4-8(15)14-9(12)13/h1-3H,4H2,(H4,12,13,14,15)/i1D,2D,3D,4D2,9+1. The van der Waals surface area contributed by atoms with Crippen molar-refractivity contribution in [2.45, 2.75) is 6.37 Å². The fraction of sp³-hybridized carbons (Fsp3) is 0.111. The highest BCUT2D eigenvalue weighted by atomic mass is 35.5. The third-order valence-electron chi connectivity index (χ3n) is 1.25. The van der Waals surface area contributed by atoms with Crippen LogP contribution in [-0.2, 0) is 11.2 Å². The first-order valence-corrected chi connectivity index (χ1v) is 4.36. The third kappa shape index (κ3) is 3.42. The van der Waals surface area contributed by atoms with Gasteiger partial charge in [-0.3, -0.25) is 4.79 Å². The van der Waals surface area contributed by atoms with Gasteiger partial charge in [-0.1, -0.05) is 29.2 Å². The summed E-state index contributed by atoms with van der Waals surface area (Å²) in [5, 5.41) is -1.08. The molecule has 0 fully saturated rings. The zero-order chi connectivity index (χ0) is 15.8. The van der Waals surface area contributed by atoms with Gasteiger partial charge in [-0.05, 0) is 17.6 Å². The first-order chi connectivity index (χ1) is 9.01. The van der Waals surface area contributed by atoms with E-state index < -0.39 is 52.0 Å². The van der Waals surface area contributed by atoms with E-state index in [1.54, 1.807) is 0 Å². The van der Waals surface area contributed by atoms with Gasteiger partial charge in [0, 0.05) is 12.8 Å². The van der Waals surface area contributed by atoms with E-state index in [-0.39, 0.29) is 0 Å². The van der Waals surface area contributed by atoms with Gasteiger partial charge in [0.2, 0.25) is 0 Å². The predicted molar refractivity (Wildman–Crippen MR) is 61.0 cm³/mol. The van der Waals surface area contributed by atoms with Gasteiger partial charge in [-0.2, -0.15) is 4.99 Å². The number of hydrogen-bond donors (Lipinski definition) is 2. The SMILES string of the molecule is [2H]c1c([2H])c(Cl)c(C([2H])([2H])C(=O)N=[13C](N)N)c(Cl)c1[2H]. The summed E-state index contributed by atoms with van der Waals surface area (Å²) in [7, 11) is 0. The molecule has 4 N–H and O–H groups in total. The van der Waals surface area contributed by atoms with E-state index in [4.69, 9.17) is 41.5 Å². The van der Waals surface area contributed by atoms with Gasteiger partial charge in [0.1, 0.15) is 0 Å². The Labute approximate surface area is 104 Å². The average Bonchev–Trinajstić information content (AvgIpc) is 2.33. The second kappa shape index (κ2) is 5.00. The molecule has 0 radical (unpaired) electrons. The summed E-state index contributed by atoms with van der Waals surface area (Å²) in [6.07, 6.45) is -2.84. The normalized spacial score (nSPS) is 15.5. The van der Waals surface area contributed by atoms with Gasteiger partial charge in [0.05, 0.1) is 10.5 Å². The van der Waals surface area contributed by atoms with Crippen LogP contribution in [-0.4, -0.2) is 11.9 Å². The number of nitrogens with zero attached hydrogens (tertiary/aromatic N) is 1. The molecule has 0 aliphatic rings. The zero-order valence-corrected chi connectivity index (χ0v) is 8.78. The Morgan fingerprint density at radius 3 is 2.47 bits per heavy atom. The third-order valence-corrected chi connectivity index (χ3v) is 1.81. The van der Waals surface area contributed by atoms with Crippen molar-refractivity contribution in [3.63, 3.8) is 0 Å². The average molecular weight is 252 g/mol. The number of hydrogen-bond acceptors (Lipinski definition) is 1. The summed E-state index contributed by atoms with van der Waals surface area (Å²) >= 11 is 11.5. The molecule has 0 aliphatic heterocycles. The number of carbonyl (C=O) groups is 1. The highest BCUT2D eigenvalue weighted by Gasteiger charge is 2.09. The molecule has 1 aromatic rings. The summed E-state index contributed by atoms with van der Waals surface area (Å²) in [6, 6.07) is -1.80. The van der Waals surface area contributed by atoms with Crippen LogP contribution in [0.2, 0.25) is 10.0 Å². The number of guanidine groups is 1. The lowest BCUT2D eigenvalue weighted by Crippen LogP contribution is -2.24. The van der Waals surface area contributed by atoms with E-state index in [2.05, 4.69) is 4.99 Å². The minimum atomic E-state index is -2.84. The van der Waals surface area contributed by atoms with Crippen molar-refractivity contribution in [3.05, 3.63) is 33.7 Å². The molecule has 0 saturated heterocycles. The zero-order valence-electron chi connectivity index (χ0n) is 12.3. The minimum Gasteiger partial charge on any atom is -0.370 e. The number of halogens is 2.